The number of amides is 1. The van der Waals surface area contributed by atoms with Gasteiger partial charge in [0.1, 0.15) is 41.1 Å². The molecule has 1 unspecified atom stereocenters. The van der Waals surface area contributed by atoms with E-state index in [1.807, 2.05) is 95.1 Å². The van der Waals surface area contributed by atoms with E-state index >= 15 is 0 Å². The molecule has 4 aromatic heterocycles. The largest absolute Gasteiger partial charge is 0.457 e. The topological polar surface area (TPSA) is 123 Å². The van der Waals surface area contributed by atoms with E-state index in [-0.39, 0.29) is 18.2 Å². The Balaban J connectivity index is 1.20. The molecule has 1 aliphatic heterocycles. The Morgan fingerprint density at radius 1 is 0.977 bits per heavy atom. The van der Waals surface area contributed by atoms with Crippen LogP contribution in [0, 0.1) is 6.92 Å². The molecule has 1 fully saturated rings. The van der Waals surface area contributed by atoms with Crippen LogP contribution < -0.4 is 15.0 Å². The van der Waals surface area contributed by atoms with Crippen molar-refractivity contribution in [3.8, 4) is 11.5 Å². The standard InChI is InChI=1S/C31H35N9O3/c1-19-13-22(7-9-25(19)42-23-11-12-39-27(14-23)33-18-35-39)36-29-28-24(32-17-34-29)8-10-26(37-28)38-15-20(2)40(21(3)16-38)30(41)43-31(4,5)6/h7-14,17-18,20-21H,15-16H2,1-6H3,(H,32,34,36)/t20-,21?/m1/s1. The number of piperazine rings is 1. The first-order chi connectivity index (χ1) is 20.5. The monoisotopic (exact) mass is 581 g/mol. The highest BCUT2D eigenvalue weighted by Crippen LogP contribution is 2.31. The first-order valence-corrected chi connectivity index (χ1v) is 14.3. The average molecular weight is 582 g/mol. The van der Waals surface area contributed by atoms with Crippen LogP contribution in [0.25, 0.3) is 16.7 Å². The summed E-state index contributed by atoms with van der Waals surface area (Å²) in [6, 6.07) is 13.4. The predicted molar refractivity (Wildman–Crippen MR) is 164 cm³/mol. The average Bonchev–Trinajstić information content (AvgIpc) is 3.41. The van der Waals surface area contributed by atoms with Crippen molar-refractivity contribution in [2.75, 3.05) is 23.3 Å². The zero-order valence-electron chi connectivity index (χ0n) is 25.1. The van der Waals surface area contributed by atoms with E-state index < -0.39 is 5.60 Å². The molecule has 1 N–H and O–H groups in total. The Morgan fingerprint density at radius 3 is 2.51 bits per heavy atom. The number of anilines is 3. The molecule has 1 aliphatic rings. The van der Waals surface area contributed by atoms with E-state index in [1.54, 1.807) is 4.52 Å². The summed E-state index contributed by atoms with van der Waals surface area (Å²) in [5.41, 5.74) is 3.35. The fourth-order valence-electron chi connectivity index (χ4n) is 5.35. The van der Waals surface area contributed by atoms with E-state index in [9.17, 15) is 4.79 Å². The third kappa shape index (κ3) is 5.99. The molecule has 5 aromatic rings. The highest BCUT2D eigenvalue weighted by Gasteiger charge is 2.36. The van der Waals surface area contributed by atoms with Crippen LogP contribution in [0.5, 0.6) is 11.5 Å². The molecule has 12 nitrogen and oxygen atoms in total. The molecule has 0 bridgehead atoms. The van der Waals surface area contributed by atoms with Gasteiger partial charge < -0.3 is 19.7 Å². The van der Waals surface area contributed by atoms with Gasteiger partial charge in [0.25, 0.3) is 0 Å². The fourth-order valence-corrected chi connectivity index (χ4v) is 5.35. The summed E-state index contributed by atoms with van der Waals surface area (Å²) in [4.78, 5) is 35.0. The van der Waals surface area contributed by atoms with Crippen molar-refractivity contribution < 1.29 is 14.3 Å². The summed E-state index contributed by atoms with van der Waals surface area (Å²) in [6.45, 7) is 13.0. The second-order valence-corrected chi connectivity index (χ2v) is 11.9. The molecule has 5 heterocycles. The highest BCUT2D eigenvalue weighted by molar-refractivity contribution is 5.88. The van der Waals surface area contributed by atoms with Gasteiger partial charge in [-0.25, -0.2) is 29.2 Å². The van der Waals surface area contributed by atoms with Crippen LogP contribution in [0.2, 0.25) is 0 Å². The first-order valence-electron chi connectivity index (χ1n) is 14.3. The van der Waals surface area contributed by atoms with E-state index in [0.29, 0.717) is 35.8 Å². The van der Waals surface area contributed by atoms with Gasteiger partial charge >= 0.3 is 6.09 Å². The summed E-state index contributed by atoms with van der Waals surface area (Å²) in [5.74, 6) is 2.82. The number of carbonyl (C=O) groups excluding carboxylic acids is 1. The van der Waals surface area contributed by atoms with Crippen LogP contribution in [-0.2, 0) is 4.74 Å². The summed E-state index contributed by atoms with van der Waals surface area (Å²) in [6.07, 6.45) is 4.56. The van der Waals surface area contributed by atoms with Gasteiger partial charge in [-0.15, -0.1) is 0 Å². The molecule has 12 heteroatoms. The lowest BCUT2D eigenvalue weighted by molar-refractivity contribution is 0.00560. The van der Waals surface area contributed by atoms with E-state index in [0.717, 1.165) is 28.3 Å². The van der Waals surface area contributed by atoms with Crippen LogP contribution in [0.15, 0.2) is 61.3 Å². The second kappa shape index (κ2) is 11.0. The van der Waals surface area contributed by atoms with Crippen molar-refractivity contribution in [2.45, 2.75) is 59.2 Å². The number of hydrogen-bond acceptors (Lipinski definition) is 10. The first kappa shape index (κ1) is 28.1. The summed E-state index contributed by atoms with van der Waals surface area (Å²) in [7, 11) is 0. The predicted octanol–water partition coefficient (Wildman–Crippen LogP) is 5.75. The second-order valence-electron chi connectivity index (χ2n) is 11.9. The molecule has 0 spiro atoms. The number of fused-ring (bicyclic) bond motifs is 2. The maximum Gasteiger partial charge on any atom is 0.410 e. The van der Waals surface area contributed by atoms with E-state index in [1.165, 1.54) is 12.7 Å². The van der Waals surface area contributed by atoms with Gasteiger partial charge in [0.2, 0.25) is 0 Å². The maximum absolute atomic E-state index is 12.9. The quantitative estimate of drug-likeness (QED) is 0.275. The Hall–Kier alpha value is -5.00. The van der Waals surface area contributed by atoms with Gasteiger partial charge in [-0.2, -0.15) is 5.10 Å². The number of nitrogens with zero attached hydrogens (tertiary/aromatic N) is 8. The lowest BCUT2D eigenvalue weighted by Gasteiger charge is -2.44. The van der Waals surface area contributed by atoms with Crippen LogP contribution in [0.4, 0.5) is 22.1 Å². The van der Waals surface area contributed by atoms with Crippen molar-refractivity contribution in [2.24, 2.45) is 0 Å². The van der Waals surface area contributed by atoms with Gasteiger partial charge in [0.15, 0.2) is 11.5 Å². The number of hydrogen-bond donors (Lipinski definition) is 1. The number of carbonyl (C=O) groups is 1. The number of aromatic nitrogens is 6. The molecular formula is C31H35N9O3. The van der Waals surface area contributed by atoms with E-state index in [2.05, 4.69) is 30.3 Å². The van der Waals surface area contributed by atoms with Crippen molar-refractivity contribution in [1.82, 2.24) is 34.4 Å². The summed E-state index contributed by atoms with van der Waals surface area (Å²) >= 11 is 0. The number of nitrogens with one attached hydrogen (secondary N) is 1. The van der Waals surface area contributed by atoms with Crippen LogP contribution in [0.3, 0.4) is 0 Å². The SMILES string of the molecule is Cc1cc(Nc2ncnc3ccc(N4CC(C)N(C(=O)OC(C)(C)C)[C@H](C)C4)nc23)ccc1Oc1ccn2ncnc2c1. The molecule has 6 rings (SSSR count). The van der Waals surface area contributed by atoms with Crippen molar-refractivity contribution in [3.63, 3.8) is 0 Å². The van der Waals surface area contributed by atoms with Crippen LogP contribution in [0.1, 0.15) is 40.2 Å². The minimum Gasteiger partial charge on any atom is -0.457 e. The lowest BCUT2D eigenvalue weighted by Crippen LogP contribution is -2.59. The molecule has 43 heavy (non-hydrogen) atoms. The Kier molecular flexibility index (Phi) is 7.20. The molecular weight excluding hydrogens is 546 g/mol. The number of benzene rings is 1. The molecule has 1 amide bonds. The third-order valence-corrected chi connectivity index (χ3v) is 7.23. The summed E-state index contributed by atoms with van der Waals surface area (Å²) in [5, 5.41) is 7.53. The van der Waals surface area contributed by atoms with Gasteiger partial charge in [-0.3, -0.25) is 4.90 Å². The number of ether oxygens (including phenoxy) is 2. The van der Waals surface area contributed by atoms with Gasteiger partial charge in [-0.1, -0.05) is 0 Å². The Labute approximate surface area is 249 Å². The zero-order valence-corrected chi connectivity index (χ0v) is 25.1. The number of rotatable bonds is 5. The van der Waals surface area contributed by atoms with Crippen molar-refractivity contribution in [1.29, 1.82) is 0 Å². The Bertz CT molecular complexity index is 1790. The van der Waals surface area contributed by atoms with Crippen LogP contribution in [-0.4, -0.2) is 71.3 Å². The Morgan fingerprint density at radius 2 is 1.77 bits per heavy atom. The molecule has 1 aromatic carbocycles. The minimum atomic E-state index is -0.545. The highest BCUT2D eigenvalue weighted by atomic mass is 16.6. The molecule has 0 aliphatic carbocycles. The molecule has 0 saturated carbocycles. The lowest BCUT2D eigenvalue weighted by atomic mass is 10.1. The molecule has 1 saturated heterocycles. The third-order valence-electron chi connectivity index (χ3n) is 7.23. The molecule has 0 radical (unpaired) electrons. The normalized spacial score (nSPS) is 17.3. The van der Waals surface area contributed by atoms with Gasteiger partial charge in [-0.05, 0) is 83.5 Å². The van der Waals surface area contributed by atoms with Crippen molar-refractivity contribution >= 4 is 40.1 Å². The van der Waals surface area contributed by atoms with Crippen LogP contribution >= 0.6 is 0 Å². The van der Waals surface area contributed by atoms with Gasteiger partial charge in [0, 0.05) is 31.0 Å². The minimum absolute atomic E-state index is 0.0530. The van der Waals surface area contributed by atoms with E-state index in [4.69, 9.17) is 14.5 Å². The maximum atomic E-state index is 12.9. The summed E-state index contributed by atoms with van der Waals surface area (Å²) < 4.78 is 13.5. The molecule has 222 valence electrons. The molecule has 2 atom stereocenters. The van der Waals surface area contributed by atoms with Crippen molar-refractivity contribution in [3.05, 3.63) is 66.9 Å². The zero-order chi connectivity index (χ0) is 30.3. The number of aryl methyl sites for hydroxylation is 1. The number of pyridine rings is 2. The smallest absolute Gasteiger partial charge is 0.410 e. The van der Waals surface area contributed by atoms with Gasteiger partial charge in [0.05, 0.1) is 17.6 Å². The fraction of sp³-hybridized carbons (Fsp3) is 0.355.